The van der Waals surface area contributed by atoms with E-state index in [1.165, 1.54) is 12.1 Å². The lowest BCUT2D eigenvalue weighted by atomic mass is 10.0. The van der Waals surface area contributed by atoms with Gasteiger partial charge in [0.05, 0.1) is 11.2 Å². The fraction of sp³-hybridized carbons (Fsp3) is 0.348. The minimum absolute atomic E-state index is 0.0994. The summed E-state index contributed by atoms with van der Waals surface area (Å²) < 4.78 is 14.8. The monoisotopic (exact) mass is 405 g/mol. The van der Waals surface area contributed by atoms with E-state index in [9.17, 15) is 14.4 Å². The Morgan fingerprint density at radius 2 is 1.87 bits per heavy atom. The van der Waals surface area contributed by atoms with Crippen molar-refractivity contribution in [2.75, 3.05) is 18.0 Å². The van der Waals surface area contributed by atoms with Crippen LogP contribution in [0, 0.1) is 17.1 Å². The Hall–Kier alpha value is -3.24. The fourth-order valence-corrected chi connectivity index (χ4v) is 4.17. The highest BCUT2D eigenvalue weighted by atomic mass is 19.1. The van der Waals surface area contributed by atoms with Gasteiger partial charge in [-0.05, 0) is 43.7 Å². The third-order valence-electron chi connectivity index (χ3n) is 5.91. The van der Waals surface area contributed by atoms with Gasteiger partial charge in [-0.1, -0.05) is 12.1 Å². The van der Waals surface area contributed by atoms with Crippen molar-refractivity contribution in [3.63, 3.8) is 0 Å². The molecule has 4 rings (SSSR count). The number of piperazine rings is 1. The SMILES string of the molecule is C[C@@H]1CN(c2cc(=O)n(C)c3ccc(C#N)nc23)[C@@H](C)CN1Cc1ccc(F)cc1. The predicted octanol–water partition coefficient (Wildman–Crippen LogP) is 3.04. The zero-order valence-corrected chi connectivity index (χ0v) is 17.3. The number of hydrogen-bond acceptors (Lipinski definition) is 5. The largest absolute Gasteiger partial charge is 0.364 e. The highest BCUT2D eigenvalue weighted by molar-refractivity contribution is 5.89. The van der Waals surface area contributed by atoms with Crippen LogP contribution in [0.25, 0.3) is 11.0 Å². The summed E-state index contributed by atoms with van der Waals surface area (Å²) in [7, 11) is 1.72. The number of pyridine rings is 2. The Morgan fingerprint density at radius 1 is 1.13 bits per heavy atom. The van der Waals surface area contributed by atoms with Crippen LogP contribution in [-0.4, -0.2) is 39.6 Å². The van der Waals surface area contributed by atoms with Crippen molar-refractivity contribution in [2.24, 2.45) is 7.05 Å². The fourth-order valence-electron chi connectivity index (χ4n) is 4.17. The number of benzene rings is 1. The summed E-state index contributed by atoms with van der Waals surface area (Å²) in [6.07, 6.45) is 0. The lowest BCUT2D eigenvalue weighted by molar-refractivity contribution is 0.158. The molecule has 0 N–H and O–H groups in total. The molecule has 2 atom stereocenters. The van der Waals surface area contributed by atoms with Gasteiger partial charge < -0.3 is 9.47 Å². The normalized spacial score (nSPS) is 19.8. The smallest absolute Gasteiger partial charge is 0.252 e. The summed E-state index contributed by atoms with van der Waals surface area (Å²) in [5.41, 5.74) is 3.46. The molecule has 1 fully saturated rings. The van der Waals surface area contributed by atoms with E-state index in [-0.39, 0.29) is 23.5 Å². The Bertz CT molecular complexity index is 1180. The molecule has 2 aromatic heterocycles. The molecular formula is C23H24FN5O. The van der Waals surface area contributed by atoms with Crippen molar-refractivity contribution >= 4 is 16.7 Å². The van der Waals surface area contributed by atoms with Gasteiger partial charge in [0.25, 0.3) is 5.56 Å². The first-order valence-corrected chi connectivity index (χ1v) is 10.0. The molecule has 0 unspecified atom stereocenters. The maximum absolute atomic E-state index is 13.2. The molecule has 1 aliphatic rings. The van der Waals surface area contributed by atoms with Crippen LogP contribution in [0.1, 0.15) is 25.1 Å². The third kappa shape index (κ3) is 3.66. The van der Waals surface area contributed by atoms with Crippen LogP contribution >= 0.6 is 0 Å². The molecular weight excluding hydrogens is 381 g/mol. The van der Waals surface area contributed by atoms with E-state index in [0.29, 0.717) is 16.7 Å². The first-order chi connectivity index (χ1) is 14.4. The molecule has 6 nitrogen and oxygen atoms in total. The first kappa shape index (κ1) is 20.0. The van der Waals surface area contributed by atoms with Crippen molar-refractivity contribution in [3.8, 4) is 6.07 Å². The van der Waals surface area contributed by atoms with Crippen molar-refractivity contribution in [1.82, 2.24) is 14.5 Å². The van der Waals surface area contributed by atoms with Crippen LogP contribution in [0.5, 0.6) is 0 Å². The zero-order chi connectivity index (χ0) is 21.4. The van der Waals surface area contributed by atoms with Gasteiger partial charge in [-0.2, -0.15) is 5.26 Å². The second-order valence-corrected chi connectivity index (χ2v) is 8.01. The Morgan fingerprint density at radius 3 is 2.57 bits per heavy atom. The van der Waals surface area contributed by atoms with E-state index in [2.05, 4.69) is 34.7 Å². The van der Waals surface area contributed by atoms with Crippen molar-refractivity contribution in [3.05, 3.63) is 69.9 Å². The van der Waals surface area contributed by atoms with Gasteiger partial charge >= 0.3 is 0 Å². The van der Waals surface area contributed by atoms with Gasteiger partial charge in [0.1, 0.15) is 23.1 Å². The summed E-state index contributed by atoms with van der Waals surface area (Å²) in [6, 6.07) is 14.1. The number of anilines is 1. The van der Waals surface area contributed by atoms with Crippen LogP contribution in [0.2, 0.25) is 0 Å². The number of rotatable bonds is 3. The molecule has 30 heavy (non-hydrogen) atoms. The van der Waals surface area contributed by atoms with E-state index in [1.807, 2.05) is 12.1 Å². The minimum Gasteiger partial charge on any atom is -0.364 e. The molecule has 3 heterocycles. The number of aromatic nitrogens is 2. The van der Waals surface area contributed by atoms with Crippen molar-refractivity contribution < 1.29 is 4.39 Å². The van der Waals surface area contributed by atoms with Crippen LogP contribution in [0.15, 0.2) is 47.3 Å². The van der Waals surface area contributed by atoms with Gasteiger partial charge in [-0.15, -0.1) is 0 Å². The molecule has 1 aliphatic heterocycles. The molecule has 0 spiro atoms. The number of hydrogen-bond donors (Lipinski definition) is 0. The van der Waals surface area contributed by atoms with Gasteiger partial charge in [0.15, 0.2) is 0 Å². The quantitative estimate of drug-likeness (QED) is 0.670. The highest BCUT2D eigenvalue weighted by Crippen LogP contribution is 2.29. The Kier molecular flexibility index (Phi) is 5.27. The minimum atomic E-state index is -0.230. The van der Waals surface area contributed by atoms with Gasteiger partial charge in [-0.3, -0.25) is 9.69 Å². The Balaban J connectivity index is 1.66. The number of nitriles is 1. The van der Waals surface area contributed by atoms with E-state index in [4.69, 9.17) is 0 Å². The topological polar surface area (TPSA) is 65.2 Å². The lowest BCUT2D eigenvalue weighted by Crippen LogP contribution is -2.56. The lowest BCUT2D eigenvalue weighted by Gasteiger charge is -2.45. The summed E-state index contributed by atoms with van der Waals surface area (Å²) in [4.78, 5) is 21.7. The summed E-state index contributed by atoms with van der Waals surface area (Å²) in [6.45, 7) is 6.55. The van der Waals surface area contributed by atoms with Crippen molar-refractivity contribution in [2.45, 2.75) is 32.5 Å². The molecule has 0 aliphatic carbocycles. The van der Waals surface area contributed by atoms with Crippen LogP contribution in [0.3, 0.4) is 0 Å². The molecule has 3 aromatic rings. The van der Waals surface area contributed by atoms with E-state index >= 15 is 0 Å². The first-order valence-electron chi connectivity index (χ1n) is 10.0. The molecule has 1 saturated heterocycles. The molecule has 1 aromatic carbocycles. The molecule has 0 radical (unpaired) electrons. The summed E-state index contributed by atoms with van der Waals surface area (Å²) in [5, 5.41) is 9.28. The van der Waals surface area contributed by atoms with Crippen LogP contribution < -0.4 is 10.5 Å². The summed E-state index contributed by atoms with van der Waals surface area (Å²) in [5.74, 6) is -0.230. The second-order valence-electron chi connectivity index (χ2n) is 8.01. The number of fused-ring (bicyclic) bond motifs is 1. The number of nitrogens with zero attached hydrogens (tertiary/aromatic N) is 5. The standard InChI is InChI=1S/C23H24FN5O/c1-15-13-29(16(2)12-28(15)14-17-4-6-18(24)7-5-17)21-10-22(30)27(3)20-9-8-19(11-25)26-23(20)21/h4-10,15-16H,12-14H2,1-3H3/t15-,16+/m1/s1. The Labute approximate surface area is 174 Å². The van der Waals surface area contributed by atoms with E-state index < -0.39 is 0 Å². The maximum atomic E-state index is 13.2. The van der Waals surface area contributed by atoms with Crippen molar-refractivity contribution in [1.29, 1.82) is 5.26 Å². The molecule has 0 saturated carbocycles. The second kappa shape index (κ2) is 7.88. The third-order valence-corrected chi connectivity index (χ3v) is 5.91. The average Bonchev–Trinajstić information content (AvgIpc) is 2.74. The molecule has 154 valence electrons. The molecule has 0 amide bonds. The molecule has 0 bridgehead atoms. The van der Waals surface area contributed by atoms with Crippen LogP contribution in [-0.2, 0) is 13.6 Å². The molecule has 7 heteroatoms. The van der Waals surface area contributed by atoms with E-state index in [0.717, 1.165) is 30.9 Å². The van der Waals surface area contributed by atoms with Crippen LogP contribution in [0.4, 0.5) is 10.1 Å². The maximum Gasteiger partial charge on any atom is 0.252 e. The van der Waals surface area contributed by atoms with Gasteiger partial charge in [-0.25, -0.2) is 9.37 Å². The number of halogens is 1. The predicted molar refractivity (Wildman–Crippen MR) is 115 cm³/mol. The van der Waals surface area contributed by atoms with E-state index in [1.54, 1.807) is 29.8 Å². The summed E-state index contributed by atoms with van der Waals surface area (Å²) >= 11 is 0. The highest BCUT2D eigenvalue weighted by Gasteiger charge is 2.31. The average molecular weight is 405 g/mol. The van der Waals surface area contributed by atoms with Gasteiger partial charge in [0, 0.05) is 44.8 Å². The van der Waals surface area contributed by atoms with Gasteiger partial charge in [0.2, 0.25) is 0 Å². The zero-order valence-electron chi connectivity index (χ0n) is 17.3. The number of aryl methyl sites for hydroxylation is 1.